The van der Waals surface area contributed by atoms with Crippen molar-refractivity contribution in [2.24, 2.45) is 0 Å². The average Bonchev–Trinajstić information content (AvgIpc) is 2.47. The highest BCUT2D eigenvalue weighted by molar-refractivity contribution is 7.13. The molecule has 0 fully saturated rings. The molecule has 0 aromatic carbocycles. The van der Waals surface area contributed by atoms with E-state index in [9.17, 15) is 4.79 Å². The fourth-order valence-corrected chi connectivity index (χ4v) is 1.56. The predicted octanol–water partition coefficient (Wildman–Crippen LogP) is 1.81. The van der Waals surface area contributed by atoms with Gasteiger partial charge in [0.1, 0.15) is 4.88 Å². The number of carbonyl (C=O) groups excluding carboxylic acids is 1. The Morgan fingerprint density at radius 2 is 2.54 bits per heavy atom. The van der Waals surface area contributed by atoms with Crippen molar-refractivity contribution in [1.29, 1.82) is 0 Å². The zero-order valence-electron chi connectivity index (χ0n) is 7.50. The molecule has 0 aliphatic carbocycles. The van der Waals surface area contributed by atoms with Gasteiger partial charge in [0.25, 0.3) is 5.91 Å². The van der Waals surface area contributed by atoms with E-state index in [4.69, 9.17) is 11.6 Å². The maximum absolute atomic E-state index is 11.4. The summed E-state index contributed by atoms with van der Waals surface area (Å²) in [6.07, 6.45) is 1.58. The van der Waals surface area contributed by atoms with Crippen molar-refractivity contribution in [1.82, 2.24) is 10.3 Å². The maximum Gasteiger partial charge on any atom is 0.263 e. The molecule has 1 aromatic rings. The first kappa shape index (κ1) is 10.5. The summed E-state index contributed by atoms with van der Waals surface area (Å²) in [5.74, 6) is -0.0990. The summed E-state index contributed by atoms with van der Waals surface area (Å²) in [4.78, 5) is 16.0. The Bertz CT molecular complexity index is 298. The number of nitrogens with zero attached hydrogens (tertiary/aromatic N) is 1. The summed E-state index contributed by atoms with van der Waals surface area (Å²) in [7, 11) is 0. The number of hydrogen-bond donors (Lipinski definition) is 1. The molecule has 0 radical (unpaired) electrons. The van der Waals surface area contributed by atoms with Gasteiger partial charge in [0.2, 0.25) is 0 Å². The van der Waals surface area contributed by atoms with Crippen molar-refractivity contribution in [2.75, 3.05) is 6.54 Å². The molecule has 0 saturated carbocycles. The predicted molar refractivity (Wildman–Crippen MR) is 54.5 cm³/mol. The Balaban J connectivity index is 2.49. The standard InChI is InChI=1S/C8H11ClN2OS/c1-5(9)3-11-8(12)7-4-10-6(2)13-7/h4-5H,3H2,1-2H3,(H,11,12). The van der Waals surface area contributed by atoms with Crippen LogP contribution in [-0.4, -0.2) is 22.8 Å². The van der Waals surface area contributed by atoms with E-state index in [1.807, 2.05) is 13.8 Å². The van der Waals surface area contributed by atoms with Crippen LogP contribution in [0.3, 0.4) is 0 Å². The van der Waals surface area contributed by atoms with Crippen LogP contribution in [0.15, 0.2) is 6.20 Å². The largest absolute Gasteiger partial charge is 0.350 e. The molecule has 13 heavy (non-hydrogen) atoms. The van der Waals surface area contributed by atoms with E-state index in [-0.39, 0.29) is 11.3 Å². The van der Waals surface area contributed by atoms with Crippen LogP contribution in [0.1, 0.15) is 21.6 Å². The molecule has 72 valence electrons. The molecule has 1 aromatic heterocycles. The first-order chi connectivity index (χ1) is 6.09. The van der Waals surface area contributed by atoms with Crippen molar-refractivity contribution < 1.29 is 4.79 Å². The molecule has 0 spiro atoms. The number of thiazole rings is 1. The highest BCUT2D eigenvalue weighted by atomic mass is 35.5. The summed E-state index contributed by atoms with van der Waals surface area (Å²) in [6.45, 7) is 4.18. The van der Waals surface area contributed by atoms with Gasteiger partial charge in [0, 0.05) is 11.9 Å². The molecular weight excluding hydrogens is 208 g/mol. The lowest BCUT2D eigenvalue weighted by Crippen LogP contribution is -2.27. The van der Waals surface area contributed by atoms with Crippen molar-refractivity contribution in [3.8, 4) is 0 Å². The van der Waals surface area contributed by atoms with E-state index in [1.165, 1.54) is 11.3 Å². The number of amides is 1. The third-order valence-corrected chi connectivity index (χ3v) is 2.45. The topological polar surface area (TPSA) is 42.0 Å². The molecule has 1 unspecified atom stereocenters. The first-order valence-corrected chi connectivity index (χ1v) is 5.19. The fraction of sp³-hybridized carbons (Fsp3) is 0.500. The van der Waals surface area contributed by atoms with Gasteiger partial charge in [-0.2, -0.15) is 0 Å². The zero-order chi connectivity index (χ0) is 9.84. The second-order valence-corrected chi connectivity index (χ2v) is 4.71. The number of rotatable bonds is 3. The van der Waals surface area contributed by atoms with Gasteiger partial charge in [-0.15, -0.1) is 22.9 Å². The van der Waals surface area contributed by atoms with E-state index in [2.05, 4.69) is 10.3 Å². The summed E-state index contributed by atoms with van der Waals surface area (Å²) >= 11 is 7.07. The second kappa shape index (κ2) is 4.58. The van der Waals surface area contributed by atoms with Crippen LogP contribution in [0.25, 0.3) is 0 Å². The van der Waals surface area contributed by atoms with E-state index in [1.54, 1.807) is 6.20 Å². The van der Waals surface area contributed by atoms with Gasteiger partial charge < -0.3 is 5.32 Å². The molecule has 5 heteroatoms. The summed E-state index contributed by atoms with van der Waals surface area (Å²) in [6, 6.07) is 0. The molecule has 0 saturated heterocycles. The molecular formula is C8H11ClN2OS. The van der Waals surface area contributed by atoms with Crippen molar-refractivity contribution in [3.05, 3.63) is 16.1 Å². The van der Waals surface area contributed by atoms with Crippen molar-refractivity contribution in [2.45, 2.75) is 19.2 Å². The molecule has 3 nitrogen and oxygen atoms in total. The Hall–Kier alpha value is -0.610. The van der Waals surface area contributed by atoms with E-state index < -0.39 is 0 Å². The minimum Gasteiger partial charge on any atom is -0.350 e. The molecule has 1 atom stereocenters. The minimum atomic E-state index is -0.0990. The van der Waals surface area contributed by atoms with Crippen molar-refractivity contribution >= 4 is 28.8 Å². The van der Waals surface area contributed by atoms with Crippen LogP contribution in [0.4, 0.5) is 0 Å². The third kappa shape index (κ3) is 3.32. The summed E-state index contributed by atoms with van der Waals surface area (Å²) < 4.78 is 0. The van der Waals surface area contributed by atoms with Gasteiger partial charge in [-0.3, -0.25) is 4.79 Å². The highest BCUT2D eigenvalue weighted by Gasteiger charge is 2.08. The highest BCUT2D eigenvalue weighted by Crippen LogP contribution is 2.10. The fourth-order valence-electron chi connectivity index (χ4n) is 0.787. The molecule has 1 amide bonds. The Labute approximate surface area is 86.1 Å². The van der Waals surface area contributed by atoms with E-state index in [0.29, 0.717) is 11.4 Å². The number of carbonyl (C=O) groups is 1. The smallest absolute Gasteiger partial charge is 0.263 e. The Kier molecular flexibility index (Phi) is 3.69. The van der Waals surface area contributed by atoms with Gasteiger partial charge in [0.15, 0.2) is 0 Å². The van der Waals surface area contributed by atoms with Gasteiger partial charge in [-0.25, -0.2) is 4.98 Å². The number of alkyl halides is 1. The van der Waals surface area contributed by atoms with Crippen LogP contribution in [0, 0.1) is 6.92 Å². The van der Waals surface area contributed by atoms with E-state index >= 15 is 0 Å². The van der Waals surface area contributed by atoms with Gasteiger partial charge in [-0.1, -0.05) is 0 Å². The number of aromatic nitrogens is 1. The Morgan fingerprint density at radius 3 is 3.00 bits per heavy atom. The first-order valence-electron chi connectivity index (χ1n) is 3.94. The van der Waals surface area contributed by atoms with Gasteiger partial charge >= 0.3 is 0 Å². The van der Waals surface area contributed by atoms with Crippen LogP contribution < -0.4 is 5.32 Å². The third-order valence-electron chi connectivity index (χ3n) is 1.39. The number of halogens is 1. The SMILES string of the molecule is Cc1ncc(C(=O)NCC(C)Cl)s1. The van der Waals surface area contributed by atoms with E-state index in [0.717, 1.165) is 5.01 Å². The van der Waals surface area contributed by atoms with Crippen LogP contribution in [0.2, 0.25) is 0 Å². The number of aryl methyl sites for hydroxylation is 1. The molecule has 1 heterocycles. The molecule has 0 aliphatic heterocycles. The molecule has 1 N–H and O–H groups in total. The average molecular weight is 219 g/mol. The van der Waals surface area contributed by atoms with Crippen molar-refractivity contribution in [3.63, 3.8) is 0 Å². The maximum atomic E-state index is 11.4. The molecule has 1 rings (SSSR count). The number of nitrogens with one attached hydrogen (secondary N) is 1. The van der Waals surface area contributed by atoms with Crippen LogP contribution >= 0.6 is 22.9 Å². The minimum absolute atomic E-state index is 0.0435. The van der Waals surface area contributed by atoms with Crippen LogP contribution in [-0.2, 0) is 0 Å². The summed E-state index contributed by atoms with van der Waals surface area (Å²) in [5.41, 5.74) is 0. The normalized spacial score (nSPS) is 12.5. The number of hydrogen-bond acceptors (Lipinski definition) is 3. The van der Waals surface area contributed by atoms with Crippen LogP contribution in [0.5, 0.6) is 0 Å². The second-order valence-electron chi connectivity index (χ2n) is 2.73. The van der Waals surface area contributed by atoms with Gasteiger partial charge in [0.05, 0.1) is 11.2 Å². The lowest BCUT2D eigenvalue weighted by molar-refractivity contribution is 0.0958. The van der Waals surface area contributed by atoms with Gasteiger partial charge in [-0.05, 0) is 13.8 Å². The Morgan fingerprint density at radius 1 is 1.85 bits per heavy atom. The quantitative estimate of drug-likeness (QED) is 0.787. The lowest BCUT2D eigenvalue weighted by Gasteiger charge is -2.03. The molecule has 0 bridgehead atoms. The zero-order valence-corrected chi connectivity index (χ0v) is 9.08. The summed E-state index contributed by atoms with van der Waals surface area (Å²) in [5, 5.41) is 3.56. The monoisotopic (exact) mass is 218 g/mol. The lowest BCUT2D eigenvalue weighted by atomic mass is 10.4. The molecule has 0 aliphatic rings.